The summed E-state index contributed by atoms with van der Waals surface area (Å²) in [4.78, 5) is 7.58. The lowest BCUT2D eigenvalue weighted by Crippen LogP contribution is -2.35. The van der Waals surface area contributed by atoms with Crippen LogP contribution >= 0.6 is 24.0 Å². The molecule has 0 saturated heterocycles. The van der Waals surface area contributed by atoms with Gasteiger partial charge in [-0.1, -0.05) is 19.1 Å². The minimum absolute atomic E-state index is 0.452. The summed E-state index contributed by atoms with van der Waals surface area (Å²) in [5, 5.41) is 0. The average molecular weight is 310 g/mol. The molecule has 5 heteroatoms. The highest BCUT2D eigenvalue weighted by atomic mass is 32.2. The molecule has 0 spiro atoms. The molecule has 0 fully saturated rings. The van der Waals surface area contributed by atoms with Gasteiger partial charge in [-0.2, -0.15) is 11.8 Å². The van der Waals surface area contributed by atoms with Gasteiger partial charge in [0.2, 0.25) is 0 Å². The van der Waals surface area contributed by atoms with E-state index in [1.165, 1.54) is 17.7 Å². The molecule has 1 heterocycles. The number of aryl methyl sites for hydroxylation is 2. The molecule has 1 unspecified atom stereocenters. The molecule has 0 aliphatic heterocycles. The lowest BCUT2D eigenvalue weighted by atomic mass is 10.1. The molecule has 3 nitrogen and oxygen atoms in total. The van der Waals surface area contributed by atoms with E-state index in [4.69, 9.17) is 22.9 Å². The first kappa shape index (κ1) is 15.6. The number of thiocarbonyl (C=S) groups is 1. The van der Waals surface area contributed by atoms with Crippen molar-refractivity contribution in [2.75, 3.05) is 24.0 Å². The van der Waals surface area contributed by atoms with E-state index in [0.29, 0.717) is 11.0 Å². The fourth-order valence-electron chi connectivity index (χ4n) is 2.78. The van der Waals surface area contributed by atoms with Crippen LogP contribution in [0.5, 0.6) is 0 Å². The van der Waals surface area contributed by atoms with E-state index in [-0.39, 0.29) is 0 Å². The van der Waals surface area contributed by atoms with Crippen LogP contribution in [0.25, 0.3) is 0 Å². The topological polar surface area (TPSA) is 42.2 Å². The van der Waals surface area contributed by atoms with Crippen molar-refractivity contribution in [1.29, 1.82) is 0 Å². The molecular formula is C15H23N3S2. The van der Waals surface area contributed by atoms with Crippen molar-refractivity contribution in [3.8, 4) is 0 Å². The number of fused-ring (bicyclic) bond motifs is 1. The van der Waals surface area contributed by atoms with Crippen LogP contribution in [0.2, 0.25) is 0 Å². The second kappa shape index (κ2) is 6.76. The number of nitrogens with two attached hydrogens (primary N) is 1. The third-order valence-electron chi connectivity index (χ3n) is 4.01. The highest BCUT2D eigenvalue weighted by Gasteiger charge is 2.22. The zero-order valence-electron chi connectivity index (χ0n) is 12.5. The third-order valence-corrected chi connectivity index (χ3v) is 4.95. The Bertz CT molecular complexity index is 502. The Morgan fingerprint density at radius 2 is 2.30 bits per heavy atom. The molecule has 0 aromatic carbocycles. The van der Waals surface area contributed by atoms with Gasteiger partial charge in [0, 0.05) is 24.5 Å². The summed E-state index contributed by atoms with van der Waals surface area (Å²) < 4.78 is 0. The number of hydrogen-bond donors (Lipinski definition) is 1. The van der Waals surface area contributed by atoms with Gasteiger partial charge in [0.1, 0.15) is 10.8 Å². The van der Waals surface area contributed by atoms with Gasteiger partial charge in [0.15, 0.2) is 0 Å². The van der Waals surface area contributed by atoms with Crippen molar-refractivity contribution >= 4 is 34.8 Å². The molecule has 1 aromatic heterocycles. The Labute approximate surface area is 131 Å². The summed E-state index contributed by atoms with van der Waals surface area (Å²) in [6, 6.07) is 2.63. The predicted octanol–water partition coefficient (Wildman–Crippen LogP) is 2.78. The third kappa shape index (κ3) is 3.09. The summed E-state index contributed by atoms with van der Waals surface area (Å²) in [5.74, 6) is 2.04. The molecular weight excluding hydrogens is 286 g/mol. The van der Waals surface area contributed by atoms with E-state index in [9.17, 15) is 0 Å². The van der Waals surface area contributed by atoms with Gasteiger partial charge in [0.05, 0.1) is 5.56 Å². The minimum Gasteiger partial charge on any atom is -0.389 e. The van der Waals surface area contributed by atoms with Crippen LogP contribution in [0, 0.1) is 0 Å². The maximum absolute atomic E-state index is 5.92. The van der Waals surface area contributed by atoms with Crippen LogP contribution in [-0.2, 0) is 12.8 Å². The molecule has 0 amide bonds. The van der Waals surface area contributed by atoms with Crippen LogP contribution in [0.4, 0.5) is 5.82 Å². The summed E-state index contributed by atoms with van der Waals surface area (Å²) in [5.41, 5.74) is 9.40. The number of hydrogen-bond acceptors (Lipinski definition) is 4. The zero-order valence-corrected chi connectivity index (χ0v) is 14.1. The highest BCUT2D eigenvalue weighted by Crippen LogP contribution is 2.28. The van der Waals surface area contributed by atoms with Crippen molar-refractivity contribution in [2.24, 2.45) is 5.73 Å². The standard InChI is InChI=1S/C15H23N3S2/c1-4-11(9-20-3)18(2)15-12(14(16)19)8-10-6-5-7-13(10)17-15/h8,11H,4-7,9H2,1-3H3,(H2,16,19). The van der Waals surface area contributed by atoms with Gasteiger partial charge in [-0.05, 0) is 43.6 Å². The lowest BCUT2D eigenvalue weighted by molar-refractivity contribution is 0.664. The zero-order chi connectivity index (χ0) is 14.7. The van der Waals surface area contributed by atoms with E-state index in [0.717, 1.165) is 36.4 Å². The van der Waals surface area contributed by atoms with Crippen molar-refractivity contribution in [2.45, 2.75) is 38.6 Å². The van der Waals surface area contributed by atoms with Gasteiger partial charge in [0.25, 0.3) is 0 Å². The largest absolute Gasteiger partial charge is 0.389 e. The van der Waals surface area contributed by atoms with Crippen LogP contribution in [0.3, 0.4) is 0 Å². The van der Waals surface area contributed by atoms with E-state index >= 15 is 0 Å². The molecule has 1 aromatic rings. The van der Waals surface area contributed by atoms with E-state index < -0.39 is 0 Å². The van der Waals surface area contributed by atoms with Crippen LogP contribution in [0.1, 0.15) is 36.6 Å². The van der Waals surface area contributed by atoms with E-state index in [1.807, 2.05) is 11.8 Å². The molecule has 1 aliphatic rings. The predicted molar refractivity (Wildman–Crippen MR) is 93.0 cm³/mol. The molecule has 110 valence electrons. The minimum atomic E-state index is 0.452. The van der Waals surface area contributed by atoms with Gasteiger partial charge in [-0.25, -0.2) is 4.98 Å². The highest BCUT2D eigenvalue weighted by molar-refractivity contribution is 7.98. The number of nitrogens with zero attached hydrogens (tertiary/aromatic N) is 2. The van der Waals surface area contributed by atoms with Crippen LogP contribution in [0.15, 0.2) is 6.07 Å². The Morgan fingerprint density at radius 3 is 2.90 bits per heavy atom. The maximum atomic E-state index is 5.92. The maximum Gasteiger partial charge on any atom is 0.139 e. The number of thioether (sulfide) groups is 1. The molecule has 2 rings (SSSR count). The fourth-order valence-corrected chi connectivity index (χ4v) is 3.77. The number of aromatic nitrogens is 1. The summed E-state index contributed by atoms with van der Waals surface area (Å²) in [7, 11) is 2.11. The lowest BCUT2D eigenvalue weighted by Gasteiger charge is -2.30. The average Bonchev–Trinajstić information content (AvgIpc) is 2.89. The molecule has 0 bridgehead atoms. The van der Waals surface area contributed by atoms with Crippen LogP contribution < -0.4 is 10.6 Å². The first-order valence-corrected chi connectivity index (χ1v) is 8.93. The summed E-state index contributed by atoms with van der Waals surface area (Å²) in [6.07, 6.45) is 6.60. The second-order valence-corrected chi connectivity index (χ2v) is 6.66. The van der Waals surface area contributed by atoms with Gasteiger partial charge < -0.3 is 10.6 Å². The molecule has 0 saturated carbocycles. The van der Waals surface area contributed by atoms with Crippen molar-refractivity contribution in [3.63, 3.8) is 0 Å². The first-order chi connectivity index (χ1) is 9.58. The van der Waals surface area contributed by atoms with Crippen LogP contribution in [-0.4, -0.2) is 35.1 Å². The SMILES string of the molecule is CCC(CSC)N(C)c1nc2c(cc1C(N)=S)CCC2. The molecule has 0 radical (unpaired) electrons. The number of pyridine rings is 1. The van der Waals surface area contributed by atoms with E-state index in [2.05, 4.69) is 31.2 Å². The number of rotatable bonds is 6. The Balaban J connectivity index is 2.41. The Hall–Kier alpha value is -0.810. The smallest absolute Gasteiger partial charge is 0.139 e. The Kier molecular flexibility index (Phi) is 5.27. The van der Waals surface area contributed by atoms with Gasteiger partial charge in [-0.15, -0.1) is 0 Å². The first-order valence-electron chi connectivity index (χ1n) is 7.12. The normalized spacial score (nSPS) is 14.9. The van der Waals surface area contributed by atoms with Gasteiger partial charge >= 0.3 is 0 Å². The monoisotopic (exact) mass is 309 g/mol. The van der Waals surface area contributed by atoms with Crippen molar-refractivity contribution in [3.05, 3.63) is 22.9 Å². The summed E-state index contributed by atoms with van der Waals surface area (Å²) in [6.45, 7) is 2.21. The van der Waals surface area contributed by atoms with E-state index in [1.54, 1.807) is 0 Å². The second-order valence-electron chi connectivity index (χ2n) is 5.31. The summed E-state index contributed by atoms with van der Waals surface area (Å²) >= 11 is 7.10. The quantitative estimate of drug-likeness (QED) is 0.819. The van der Waals surface area contributed by atoms with Gasteiger partial charge in [-0.3, -0.25) is 0 Å². The van der Waals surface area contributed by atoms with Crippen molar-refractivity contribution < 1.29 is 0 Å². The fraction of sp³-hybridized carbons (Fsp3) is 0.600. The Morgan fingerprint density at radius 1 is 1.55 bits per heavy atom. The molecule has 2 N–H and O–H groups in total. The molecule has 20 heavy (non-hydrogen) atoms. The molecule has 1 aliphatic carbocycles. The number of anilines is 1. The molecule has 1 atom stereocenters. The van der Waals surface area contributed by atoms with Crippen molar-refractivity contribution in [1.82, 2.24) is 4.98 Å².